The zero-order valence-corrected chi connectivity index (χ0v) is 11.3. The number of aryl methyl sites for hydroxylation is 2. The Morgan fingerprint density at radius 2 is 2.05 bits per heavy atom. The Labute approximate surface area is 116 Å². The molecule has 0 saturated heterocycles. The molecule has 2 heterocycles. The summed E-state index contributed by atoms with van der Waals surface area (Å²) in [7, 11) is 1.79. The van der Waals surface area contributed by atoms with Crippen molar-refractivity contribution in [3.63, 3.8) is 0 Å². The Kier molecular flexibility index (Phi) is 2.95. The van der Waals surface area contributed by atoms with E-state index in [9.17, 15) is 4.79 Å². The van der Waals surface area contributed by atoms with E-state index in [4.69, 9.17) is 0 Å². The molecule has 20 heavy (non-hydrogen) atoms. The van der Waals surface area contributed by atoms with Crippen molar-refractivity contribution in [2.45, 2.75) is 6.92 Å². The smallest absolute Gasteiger partial charge is 0.259 e. The van der Waals surface area contributed by atoms with Crippen LogP contribution in [-0.2, 0) is 7.05 Å². The second-order valence-corrected chi connectivity index (χ2v) is 4.64. The molecule has 0 spiro atoms. The van der Waals surface area contributed by atoms with Gasteiger partial charge in [-0.15, -0.1) is 0 Å². The fourth-order valence-corrected chi connectivity index (χ4v) is 2.22. The third kappa shape index (κ3) is 2.14. The van der Waals surface area contributed by atoms with Gasteiger partial charge in [-0.05, 0) is 19.1 Å². The average molecular weight is 266 g/mol. The monoisotopic (exact) mass is 266 g/mol. The summed E-state index contributed by atoms with van der Waals surface area (Å²) in [4.78, 5) is 16.6. The number of amides is 1. The van der Waals surface area contributed by atoms with E-state index >= 15 is 0 Å². The van der Waals surface area contributed by atoms with Gasteiger partial charge in [0.25, 0.3) is 5.91 Å². The normalized spacial score (nSPS) is 10.7. The summed E-state index contributed by atoms with van der Waals surface area (Å²) in [6, 6.07) is 9.55. The fraction of sp³-hybridized carbons (Fsp3) is 0.133. The molecule has 1 N–H and O–H groups in total. The van der Waals surface area contributed by atoms with Gasteiger partial charge in [0, 0.05) is 24.8 Å². The highest BCUT2D eigenvalue weighted by Gasteiger charge is 2.13. The van der Waals surface area contributed by atoms with E-state index in [1.165, 1.54) is 0 Å². The summed E-state index contributed by atoms with van der Waals surface area (Å²) in [6.45, 7) is 1.82. The Morgan fingerprint density at radius 1 is 1.25 bits per heavy atom. The SMILES string of the molecule is Cc1nn(C)cc1C(=O)Nc1cccc2cccnc12. The van der Waals surface area contributed by atoms with Crippen LogP contribution < -0.4 is 5.32 Å². The van der Waals surface area contributed by atoms with E-state index in [2.05, 4.69) is 15.4 Å². The minimum absolute atomic E-state index is 0.172. The van der Waals surface area contributed by atoms with Crippen LogP contribution in [0.15, 0.2) is 42.7 Å². The molecule has 5 nitrogen and oxygen atoms in total. The van der Waals surface area contributed by atoms with Crippen molar-refractivity contribution >= 4 is 22.5 Å². The van der Waals surface area contributed by atoms with Crippen molar-refractivity contribution in [1.29, 1.82) is 0 Å². The lowest BCUT2D eigenvalue weighted by atomic mass is 10.2. The van der Waals surface area contributed by atoms with E-state index in [0.717, 1.165) is 10.9 Å². The Bertz CT molecular complexity index is 786. The Balaban J connectivity index is 1.97. The van der Waals surface area contributed by atoms with Gasteiger partial charge in [-0.25, -0.2) is 0 Å². The summed E-state index contributed by atoms with van der Waals surface area (Å²) >= 11 is 0. The van der Waals surface area contributed by atoms with Crippen molar-refractivity contribution in [2.24, 2.45) is 7.05 Å². The lowest BCUT2D eigenvalue weighted by molar-refractivity contribution is 0.102. The van der Waals surface area contributed by atoms with Gasteiger partial charge in [-0.1, -0.05) is 18.2 Å². The van der Waals surface area contributed by atoms with Crippen LogP contribution in [0.3, 0.4) is 0 Å². The first-order chi connectivity index (χ1) is 9.65. The summed E-state index contributed by atoms with van der Waals surface area (Å²) in [5, 5.41) is 8.07. The van der Waals surface area contributed by atoms with E-state index in [0.29, 0.717) is 16.9 Å². The molecule has 3 aromatic rings. The maximum atomic E-state index is 12.3. The first kappa shape index (κ1) is 12.3. The number of rotatable bonds is 2. The minimum Gasteiger partial charge on any atom is -0.320 e. The number of nitrogens with zero attached hydrogens (tertiary/aromatic N) is 3. The number of nitrogens with one attached hydrogen (secondary N) is 1. The second kappa shape index (κ2) is 4.77. The second-order valence-electron chi connectivity index (χ2n) is 4.64. The van der Waals surface area contributed by atoms with Crippen molar-refractivity contribution in [3.05, 3.63) is 54.0 Å². The fourth-order valence-electron chi connectivity index (χ4n) is 2.22. The molecule has 0 aliphatic carbocycles. The zero-order valence-electron chi connectivity index (χ0n) is 11.3. The number of hydrogen-bond acceptors (Lipinski definition) is 3. The summed E-state index contributed by atoms with van der Waals surface area (Å²) < 4.78 is 1.63. The molecule has 2 aromatic heterocycles. The summed E-state index contributed by atoms with van der Waals surface area (Å²) in [5.74, 6) is -0.172. The molecule has 0 saturated carbocycles. The van der Waals surface area contributed by atoms with Gasteiger partial charge in [0.1, 0.15) is 0 Å². The molecular weight excluding hydrogens is 252 g/mol. The average Bonchev–Trinajstić information content (AvgIpc) is 2.78. The maximum Gasteiger partial charge on any atom is 0.259 e. The first-order valence-electron chi connectivity index (χ1n) is 6.30. The number of pyridine rings is 1. The predicted molar refractivity (Wildman–Crippen MR) is 77.6 cm³/mol. The molecule has 1 amide bonds. The predicted octanol–water partition coefficient (Wildman–Crippen LogP) is 2.53. The van der Waals surface area contributed by atoms with E-state index in [-0.39, 0.29) is 5.91 Å². The van der Waals surface area contributed by atoms with E-state index in [1.807, 2.05) is 37.3 Å². The number of aromatic nitrogens is 3. The Morgan fingerprint density at radius 3 is 2.80 bits per heavy atom. The first-order valence-corrected chi connectivity index (χ1v) is 6.30. The number of hydrogen-bond donors (Lipinski definition) is 1. The molecule has 0 radical (unpaired) electrons. The molecule has 1 aromatic carbocycles. The van der Waals surface area contributed by atoms with Crippen LogP contribution in [0.4, 0.5) is 5.69 Å². The number of anilines is 1. The molecule has 5 heteroatoms. The van der Waals surface area contributed by atoms with Crippen LogP contribution in [0, 0.1) is 6.92 Å². The van der Waals surface area contributed by atoms with Crippen LogP contribution in [0.25, 0.3) is 10.9 Å². The third-order valence-corrected chi connectivity index (χ3v) is 3.14. The highest BCUT2D eigenvalue weighted by Crippen LogP contribution is 2.21. The van der Waals surface area contributed by atoms with Gasteiger partial charge in [0.2, 0.25) is 0 Å². The van der Waals surface area contributed by atoms with Crippen LogP contribution in [0.2, 0.25) is 0 Å². The number of fused-ring (bicyclic) bond motifs is 1. The maximum absolute atomic E-state index is 12.3. The molecule has 0 aliphatic heterocycles. The molecule has 3 rings (SSSR count). The van der Waals surface area contributed by atoms with Crippen molar-refractivity contribution < 1.29 is 4.79 Å². The van der Waals surface area contributed by atoms with Crippen molar-refractivity contribution in [3.8, 4) is 0 Å². The molecule has 0 aliphatic rings. The highest BCUT2D eigenvalue weighted by molar-refractivity contribution is 6.08. The number of benzene rings is 1. The van der Waals surface area contributed by atoms with E-state index in [1.54, 1.807) is 24.1 Å². The molecule has 0 fully saturated rings. The van der Waals surface area contributed by atoms with Gasteiger partial charge in [0.15, 0.2) is 0 Å². The molecule has 0 bridgehead atoms. The van der Waals surface area contributed by atoms with Gasteiger partial charge in [-0.3, -0.25) is 14.5 Å². The summed E-state index contributed by atoms with van der Waals surface area (Å²) in [5.41, 5.74) is 2.76. The van der Waals surface area contributed by atoms with Gasteiger partial charge in [0.05, 0.1) is 22.5 Å². The van der Waals surface area contributed by atoms with Crippen LogP contribution >= 0.6 is 0 Å². The highest BCUT2D eigenvalue weighted by atomic mass is 16.1. The van der Waals surface area contributed by atoms with Gasteiger partial charge in [-0.2, -0.15) is 5.10 Å². The zero-order chi connectivity index (χ0) is 14.1. The van der Waals surface area contributed by atoms with Crippen molar-refractivity contribution in [1.82, 2.24) is 14.8 Å². The summed E-state index contributed by atoms with van der Waals surface area (Å²) in [6.07, 6.45) is 3.43. The molecule has 100 valence electrons. The Hall–Kier alpha value is -2.69. The lowest BCUT2D eigenvalue weighted by Crippen LogP contribution is -2.12. The molecule has 0 unspecified atom stereocenters. The third-order valence-electron chi connectivity index (χ3n) is 3.14. The standard InChI is InChI=1S/C15H14N4O/c1-10-12(9-19(2)18-10)15(20)17-13-7-3-5-11-6-4-8-16-14(11)13/h3-9H,1-2H3,(H,17,20). The minimum atomic E-state index is -0.172. The van der Waals surface area contributed by atoms with Crippen LogP contribution in [0.5, 0.6) is 0 Å². The van der Waals surface area contributed by atoms with Crippen LogP contribution in [0.1, 0.15) is 16.1 Å². The largest absolute Gasteiger partial charge is 0.320 e. The van der Waals surface area contributed by atoms with Gasteiger partial charge >= 0.3 is 0 Å². The van der Waals surface area contributed by atoms with E-state index < -0.39 is 0 Å². The van der Waals surface area contributed by atoms with Gasteiger partial charge < -0.3 is 5.32 Å². The lowest BCUT2D eigenvalue weighted by Gasteiger charge is -2.07. The van der Waals surface area contributed by atoms with Crippen molar-refractivity contribution in [2.75, 3.05) is 5.32 Å². The molecule has 0 atom stereocenters. The molecular formula is C15H14N4O. The number of carbonyl (C=O) groups excluding carboxylic acids is 1. The quantitative estimate of drug-likeness (QED) is 0.775. The van der Waals surface area contributed by atoms with Crippen LogP contribution in [-0.4, -0.2) is 20.7 Å². The number of para-hydroxylation sites is 1. The number of carbonyl (C=O) groups is 1. The topological polar surface area (TPSA) is 59.8 Å².